The molecule has 1 fully saturated rings. The van der Waals surface area contributed by atoms with Crippen molar-refractivity contribution in [3.05, 3.63) is 79.6 Å². The maximum absolute atomic E-state index is 14.3. The van der Waals surface area contributed by atoms with E-state index in [2.05, 4.69) is 20.8 Å². The van der Waals surface area contributed by atoms with Gasteiger partial charge in [0.25, 0.3) is 15.7 Å². The monoisotopic (exact) mass is 845 g/mol. The van der Waals surface area contributed by atoms with Crippen LogP contribution in [0.2, 0.25) is 36.3 Å². The molecule has 0 radical (unpaired) electrons. The fraction of sp³-hybridized carbons (Fsp3) is 0.629. The van der Waals surface area contributed by atoms with Crippen LogP contribution in [0.1, 0.15) is 65.3 Å². The van der Waals surface area contributed by atoms with Crippen molar-refractivity contribution in [1.82, 2.24) is 9.13 Å². The lowest BCUT2D eigenvalue weighted by Crippen LogP contribution is -2.59. The number of aromatic nitrogens is 2. The molecule has 1 spiro atoms. The smallest absolute Gasteiger partial charge is 0.435 e. The standard InChI is InChI=1S/C35H56N3O13PSSi2/c1-24-20-38(31(40)37(29(24)39)18-15-19-47-52(42,43)32(41)46-21-25-16-13-12-14-17-25)30-28(50-55(10,11)34(5,6)7)35(26(36)23-53(44,45)51-35)27(49-30)22-48-54(8,9)33(2,3)4/h12-14,16-17,20,23,27-28,30H,15,18-19,21-22,36H2,1-11H3,(H,42,43). The summed E-state index contributed by atoms with van der Waals surface area (Å²) in [6, 6.07) is 8.57. The van der Waals surface area contributed by atoms with Gasteiger partial charge in [0.05, 0.1) is 24.3 Å². The van der Waals surface area contributed by atoms with E-state index in [1.807, 2.05) is 47.0 Å². The number of benzene rings is 1. The van der Waals surface area contributed by atoms with Crippen molar-refractivity contribution in [2.24, 2.45) is 5.73 Å². The summed E-state index contributed by atoms with van der Waals surface area (Å²) in [6.45, 7) is 20.4. The highest BCUT2D eigenvalue weighted by atomic mass is 32.2. The Morgan fingerprint density at radius 1 is 1.04 bits per heavy atom. The molecule has 5 atom stereocenters. The number of ether oxygens (including phenoxy) is 2. The van der Waals surface area contributed by atoms with E-state index >= 15 is 0 Å². The third-order valence-electron chi connectivity index (χ3n) is 10.9. The molecule has 1 saturated heterocycles. The minimum Gasteiger partial charge on any atom is -0.452 e. The van der Waals surface area contributed by atoms with Crippen LogP contribution in [0.4, 0.5) is 4.79 Å². The fourth-order valence-corrected chi connectivity index (χ4v) is 9.83. The minimum atomic E-state index is -4.87. The normalized spacial score (nSPS) is 24.1. The molecule has 20 heteroatoms. The number of aryl methyl sites for hydroxylation is 1. The van der Waals surface area contributed by atoms with Crippen LogP contribution in [0, 0.1) is 6.92 Å². The highest BCUT2D eigenvalue weighted by Gasteiger charge is 2.67. The van der Waals surface area contributed by atoms with Crippen molar-refractivity contribution in [2.45, 2.75) is 128 Å². The van der Waals surface area contributed by atoms with Crippen molar-refractivity contribution in [2.75, 3.05) is 13.2 Å². The number of nitrogens with two attached hydrogens (primary N) is 1. The lowest BCUT2D eigenvalue weighted by atomic mass is 9.89. The van der Waals surface area contributed by atoms with Gasteiger partial charge in [-0.25, -0.2) is 18.3 Å². The Labute approximate surface area is 324 Å². The van der Waals surface area contributed by atoms with Crippen molar-refractivity contribution in [3.63, 3.8) is 0 Å². The Morgan fingerprint density at radius 3 is 2.18 bits per heavy atom. The zero-order chi connectivity index (χ0) is 41.6. The topological polar surface area (TPSA) is 214 Å². The first kappa shape index (κ1) is 45.0. The molecule has 3 heterocycles. The number of rotatable bonds is 14. The average molecular weight is 846 g/mol. The SMILES string of the molecule is Cc1cn(C2OC(CO[Si](C)(C)C(C)(C)C)C3(OS(=O)(=O)C=C3N)C2O[Si](C)(C)C(C)(C)C)c(=O)n(CCCOP(=O)(O)C(=O)OCc2ccccc2)c1=O. The molecule has 2 aliphatic heterocycles. The van der Waals surface area contributed by atoms with E-state index in [0.29, 0.717) is 5.56 Å². The summed E-state index contributed by atoms with van der Waals surface area (Å²) >= 11 is 0. The van der Waals surface area contributed by atoms with E-state index in [4.69, 9.17) is 32.8 Å². The first-order valence-electron chi connectivity index (χ1n) is 18.0. The molecule has 308 valence electrons. The molecule has 1 aromatic carbocycles. The Morgan fingerprint density at radius 2 is 1.64 bits per heavy atom. The summed E-state index contributed by atoms with van der Waals surface area (Å²) in [6.07, 6.45) is -2.65. The summed E-state index contributed by atoms with van der Waals surface area (Å²) in [5, 5.41) is 0.204. The third-order valence-corrected chi connectivity index (χ3v) is 22.1. The summed E-state index contributed by atoms with van der Waals surface area (Å²) in [7, 11) is -14.5. The van der Waals surface area contributed by atoms with Gasteiger partial charge < -0.3 is 33.5 Å². The molecule has 2 aromatic rings. The van der Waals surface area contributed by atoms with E-state index in [9.17, 15) is 32.3 Å². The third kappa shape index (κ3) is 9.54. The molecule has 0 amide bonds. The molecule has 3 N–H and O–H groups in total. The highest BCUT2D eigenvalue weighted by Crippen LogP contribution is 2.52. The van der Waals surface area contributed by atoms with Crippen LogP contribution in [-0.4, -0.2) is 75.8 Å². The Kier molecular flexibility index (Phi) is 13.0. The molecule has 0 bridgehead atoms. The average Bonchev–Trinajstić information content (AvgIpc) is 3.49. The van der Waals surface area contributed by atoms with Gasteiger partial charge in [-0.2, -0.15) is 8.42 Å². The van der Waals surface area contributed by atoms with E-state index in [1.165, 1.54) is 13.1 Å². The number of hydrogen-bond acceptors (Lipinski definition) is 13. The first-order chi connectivity index (χ1) is 25.1. The van der Waals surface area contributed by atoms with Gasteiger partial charge >= 0.3 is 19.0 Å². The number of carbonyl (C=O) groups excluding carboxylic acids is 1. The van der Waals surface area contributed by atoms with Crippen LogP contribution >= 0.6 is 7.60 Å². The minimum absolute atomic E-state index is 0.130. The highest BCUT2D eigenvalue weighted by molar-refractivity contribution is 7.90. The molecule has 0 saturated carbocycles. The molecular formula is C35H56N3O13PSSi2. The van der Waals surface area contributed by atoms with Crippen molar-refractivity contribution in [1.29, 1.82) is 0 Å². The number of carbonyl (C=O) groups is 1. The largest absolute Gasteiger partial charge is 0.452 e. The van der Waals surface area contributed by atoms with Gasteiger partial charge in [0.1, 0.15) is 18.8 Å². The lowest BCUT2D eigenvalue weighted by Gasteiger charge is -2.43. The van der Waals surface area contributed by atoms with E-state index in [1.54, 1.807) is 30.3 Å². The van der Waals surface area contributed by atoms with Crippen molar-refractivity contribution >= 4 is 40.1 Å². The predicted octanol–water partition coefficient (Wildman–Crippen LogP) is 5.46. The molecular weight excluding hydrogens is 790 g/mol. The molecule has 1 aromatic heterocycles. The van der Waals surface area contributed by atoms with Crippen LogP contribution in [0.25, 0.3) is 0 Å². The van der Waals surface area contributed by atoms with Crippen LogP contribution in [0.3, 0.4) is 0 Å². The maximum atomic E-state index is 14.3. The molecule has 16 nitrogen and oxygen atoms in total. The predicted molar refractivity (Wildman–Crippen MR) is 211 cm³/mol. The summed E-state index contributed by atoms with van der Waals surface area (Å²) in [5.41, 5.74) is 2.27. The second-order valence-corrected chi connectivity index (χ2v) is 29.7. The van der Waals surface area contributed by atoms with E-state index in [-0.39, 0.29) is 42.5 Å². The first-order valence-corrected chi connectivity index (χ1v) is 26.8. The Hall–Kier alpha value is -2.72. The molecule has 55 heavy (non-hydrogen) atoms. The van der Waals surface area contributed by atoms with Gasteiger partial charge in [-0.3, -0.25) is 13.9 Å². The summed E-state index contributed by atoms with van der Waals surface area (Å²) in [5.74, 6) is 0. The van der Waals surface area contributed by atoms with E-state index in [0.717, 1.165) is 14.5 Å². The lowest BCUT2D eigenvalue weighted by molar-refractivity contribution is -0.0567. The van der Waals surface area contributed by atoms with Crippen LogP contribution < -0.4 is 17.0 Å². The van der Waals surface area contributed by atoms with Crippen LogP contribution in [0.5, 0.6) is 0 Å². The number of hydrogen-bond donors (Lipinski definition) is 2. The summed E-state index contributed by atoms with van der Waals surface area (Å²) in [4.78, 5) is 50.2. The molecule has 0 aliphatic carbocycles. The van der Waals surface area contributed by atoms with Crippen LogP contribution in [0.15, 0.2) is 57.2 Å². The van der Waals surface area contributed by atoms with Gasteiger partial charge in [-0.1, -0.05) is 71.9 Å². The molecule has 2 aliphatic rings. The maximum Gasteiger partial charge on any atom is 0.435 e. The molecule has 4 rings (SSSR count). The van der Waals surface area contributed by atoms with Crippen molar-refractivity contribution < 1.29 is 49.7 Å². The fourth-order valence-electron chi connectivity index (χ4n) is 5.62. The zero-order valence-electron chi connectivity index (χ0n) is 33.5. The zero-order valence-corrected chi connectivity index (χ0v) is 37.2. The van der Waals surface area contributed by atoms with E-state index < -0.39 is 87.0 Å². The quantitative estimate of drug-likeness (QED) is 0.105. The van der Waals surface area contributed by atoms with Gasteiger partial charge in [0.15, 0.2) is 28.5 Å². The summed E-state index contributed by atoms with van der Waals surface area (Å²) < 4.78 is 76.8. The van der Waals surface area contributed by atoms with Gasteiger partial charge in [-0.05, 0) is 55.2 Å². The molecule has 5 unspecified atom stereocenters. The van der Waals surface area contributed by atoms with Crippen molar-refractivity contribution in [3.8, 4) is 0 Å². The second-order valence-electron chi connectivity index (χ2n) is 17.0. The Bertz CT molecular complexity index is 2060. The second kappa shape index (κ2) is 15.9. The number of nitrogens with zero attached hydrogens (tertiary/aromatic N) is 2. The van der Waals surface area contributed by atoms with Gasteiger partial charge in [-0.15, -0.1) is 0 Å². The van der Waals surface area contributed by atoms with Gasteiger partial charge in [0, 0.05) is 18.3 Å². The van der Waals surface area contributed by atoms with Gasteiger partial charge in [0.2, 0.25) is 0 Å². The van der Waals surface area contributed by atoms with Crippen LogP contribution in [-0.2, 0) is 54.9 Å². The Balaban J connectivity index is 1.69.